The highest BCUT2D eigenvalue weighted by Gasteiger charge is 2.50. The predicted molar refractivity (Wildman–Crippen MR) is 252 cm³/mol. The van der Waals surface area contributed by atoms with Crippen LogP contribution in [0.1, 0.15) is 66.1 Å². The zero-order valence-corrected chi connectivity index (χ0v) is 38.3. The number of fused-ring (bicyclic) bond motifs is 3. The van der Waals surface area contributed by atoms with E-state index in [1.807, 2.05) is 29.2 Å². The zero-order chi connectivity index (χ0) is 45.9. The highest BCUT2D eigenvalue weighted by molar-refractivity contribution is 7.90. The molecular formula is C49H56N8O9S. The van der Waals surface area contributed by atoms with Crippen LogP contribution in [0.3, 0.4) is 0 Å². The molecule has 1 saturated carbocycles. The lowest BCUT2D eigenvalue weighted by Gasteiger charge is -2.57. The molecule has 5 aromatic rings. The van der Waals surface area contributed by atoms with Gasteiger partial charge < -0.3 is 39.0 Å². The van der Waals surface area contributed by atoms with Gasteiger partial charge in [0.1, 0.15) is 23.1 Å². The fourth-order valence-corrected chi connectivity index (χ4v) is 12.3. The second-order valence-electron chi connectivity index (χ2n) is 19.1. The summed E-state index contributed by atoms with van der Waals surface area (Å²) in [5, 5.41) is 16.2. The summed E-state index contributed by atoms with van der Waals surface area (Å²) in [6.45, 7) is 8.59. The number of H-pyrrole nitrogens is 1. The first kappa shape index (κ1) is 43.8. The first-order valence-corrected chi connectivity index (χ1v) is 25.0. The Labute approximate surface area is 389 Å². The second kappa shape index (κ2) is 17.7. The molecule has 3 aromatic carbocycles. The molecule has 2 aromatic heterocycles. The fourth-order valence-electron chi connectivity index (χ4n) is 11.4. The number of nitro benzene ring substituents is 1. The highest BCUT2D eigenvalue weighted by Crippen LogP contribution is 2.53. The minimum absolute atomic E-state index is 0.105. The van der Waals surface area contributed by atoms with E-state index < -0.39 is 37.5 Å². The molecule has 18 heteroatoms. The number of sulfonamides is 1. The lowest BCUT2D eigenvalue weighted by Crippen LogP contribution is -2.58. The van der Waals surface area contributed by atoms with E-state index in [0.29, 0.717) is 68.5 Å². The number of anilines is 4. The molecule has 3 N–H and O–H groups in total. The van der Waals surface area contributed by atoms with Crippen molar-refractivity contribution >= 4 is 55.4 Å². The minimum atomic E-state index is -4.59. The van der Waals surface area contributed by atoms with E-state index >= 15 is 0 Å². The van der Waals surface area contributed by atoms with Crippen LogP contribution < -0.4 is 24.6 Å². The number of aromatic amines is 1. The number of aromatic nitrogens is 2. The van der Waals surface area contributed by atoms with E-state index in [1.165, 1.54) is 23.3 Å². The molecule has 1 spiro atoms. The van der Waals surface area contributed by atoms with Gasteiger partial charge in [-0.1, -0.05) is 24.3 Å². The maximum absolute atomic E-state index is 14.6. The number of benzene rings is 3. The van der Waals surface area contributed by atoms with Crippen molar-refractivity contribution in [3.63, 3.8) is 0 Å². The summed E-state index contributed by atoms with van der Waals surface area (Å²) in [4.78, 5) is 40.8. The van der Waals surface area contributed by atoms with Gasteiger partial charge in [-0.3, -0.25) is 19.8 Å². The lowest BCUT2D eigenvalue weighted by molar-refractivity contribution is -0.384. The summed E-state index contributed by atoms with van der Waals surface area (Å²) < 4.78 is 54.2. The van der Waals surface area contributed by atoms with Crippen LogP contribution in [0, 0.1) is 28.4 Å². The molecule has 11 rings (SSSR count). The van der Waals surface area contributed by atoms with Gasteiger partial charge in [0.15, 0.2) is 0 Å². The summed E-state index contributed by atoms with van der Waals surface area (Å²) >= 11 is 0. The Balaban J connectivity index is 0.871. The van der Waals surface area contributed by atoms with Crippen molar-refractivity contribution in [2.24, 2.45) is 11.3 Å². The van der Waals surface area contributed by atoms with Crippen LogP contribution >= 0.6 is 0 Å². The third-order valence-electron chi connectivity index (χ3n) is 15.2. The van der Waals surface area contributed by atoms with E-state index in [4.69, 9.17) is 23.9 Å². The normalized spacial score (nSPS) is 23.3. The molecule has 3 atom stereocenters. The van der Waals surface area contributed by atoms with Gasteiger partial charge in [-0.2, -0.15) is 4.98 Å². The Morgan fingerprint density at radius 1 is 0.925 bits per heavy atom. The van der Waals surface area contributed by atoms with Gasteiger partial charge in [-0.25, -0.2) is 13.1 Å². The minimum Gasteiger partial charge on any atom is -0.468 e. The van der Waals surface area contributed by atoms with Gasteiger partial charge >= 0.3 is 0 Å². The van der Waals surface area contributed by atoms with Crippen molar-refractivity contribution < 1.29 is 37.1 Å². The quantitative estimate of drug-likeness (QED) is 0.0919. The van der Waals surface area contributed by atoms with Crippen LogP contribution in [-0.2, 0) is 24.2 Å². The van der Waals surface area contributed by atoms with Gasteiger partial charge in [0.05, 0.1) is 59.6 Å². The van der Waals surface area contributed by atoms with Crippen molar-refractivity contribution in [3.8, 4) is 5.88 Å². The number of nitrogens with zero attached hydrogens (tertiary/aromatic N) is 5. The molecule has 17 nitrogen and oxygen atoms in total. The van der Waals surface area contributed by atoms with E-state index in [2.05, 4.69) is 56.0 Å². The molecule has 1 aliphatic carbocycles. The first-order chi connectivity index (χ1) is 32.5. The summed E-state index contributed by atoms with van der Waals surface area (Å²) in [5.74, 6) is -0.240. The topological polar surface area (TPSA) is 194 Å². The average Bonchev–Trinajstić information content (AvgIpc) is 4.01. The zero-order valence-electron chi connectivity index (χ0n) is 37.5. The lowest BCUT2D eigenvalue weighted by atomic mass is 9.59. The smallest absolute Gasteiger partial charge is 0.293 e. The number of carbonyl (C=O) groups is 1. The molecule has 0 unspecified atom stereocenters. The molecule has 5 fully saturated rings. The summed E-state index contributed by atoms with van der Waals surface area (Å²) in [6, 6.07) is 22.1. The average molecular weight is 933 g/mol. The van der Waals surface area contributed by atoms with Gasteiger partial charge in [0.25, 0.3) is 21.6 Å². The fraction of sp³-hybridized carbons (Fsp3) is 0.469. The largest absolute Gasteiger partial charge is 0.468 e. The van der Waals surface area contributed by atoms with E-state index in [0.717, 1.165) is 81.9 Å². The van der Waals surface area contributed by atoms with Gasteiger partial charge in [0, 0.05) is 68.8 Å². The maximum atomic E-state index is 14.6. The molecule has 6 aliphatic rings. The molecule has 7 heterocycles. The summed E-state index contributed by atoms with van der Waals surface area (Å²) in [5.41, 5.74) is 5.46. The van der Waals surface area contributed by atoms with E-state index in [9.17, 15) is 23.3 Å². The number of hydrogen-bond donors (Lipinski definition) is 3. The van der Waals surface area contributed by atoms with Gasteiger partial charge in [-0.15, -0.1) is 0 Å². The maximum Gasteiger partial charge on any atom is 0.293 e. The molecule has 4 saturated heterocycles. The molecule has 5 aliphatic heterocycles. The number of nitrogens with one attached hydrogen (secondary N) is 3. The van der Waals surface area contributed by atoms with Gasteiger partial charge in [-0.05, 0) is 110 Å². The molecule has 1 amide bonds. The van der Waals surface area contributed by atoms with Gasteiger partial charge in [0.2, 0.25) is 5.88 Å². The molecule has 0 bridgehead atoms. The number of aryl methyl sites for hydroxylation is 1. The molecular weight excluding hydrogens is 877 g/mol. The first-order valence-electron chi connectivity index (χ1n) is 23.5. The predicted octanol–water partition coefficient (Wildman–Crippen LogP) is 6.86. The summed E-state index contributed by atoms with van der Waals surface area (Å²) in [7, 11) is -4.59. The second-order valence-corrected chi connectivity index (χ2v) is 20.8. The molecule has 0 radical (unpaired) electrons. The van der Waals surface area contributed by atoms with Crippen LogP contribution in [0.4, 0.5) is 28.4 Å². The van der Waals surface area contributed by atoms with Crippen molar-refractivity contribution in [1.82, 2.24) is 19.6 Å². The number of pyridine rings is 1. The SMILES string of the molecule is Cc1ccccc1[C@@H]1COCCN1C1CC2(CCN(c3ccc(C(=O)NS(=O)(=O)c4ccc(NCC5CCOCC5)c([N+](=O)[O-])c4)c(N4c5cc6cc[nH]c6nc5O[C@@H]5COC[C@H]54)c3)CC2)C1. The molecule has 352 valence electrons. The monoisotopic (exact) mass is 932 g/mol. The number of morpholine rings is 1. The van der Waals surface area contributed by atoms with Crippen molar-refractivity contribution in [3.05, 3.63) is 106 Å². The van der Waals surface area contributed by atoms with Crippen LogP contribution in [-0.4, -0.2) is 118 Å². The number of nitro groups is 1. The Bertz CT molecular complexity index is 2800. The van der Waals surface area contributed by atoms with E-state index in [-0.39, 0.29) is 34.7 Å². The van der Waals surface area contributed by atoms with Crippen LogP contribution in [0.2, 0.25) is 0 Å². The van der Waals surface area contributed by atoms with Crippen molar-refractivity contribution in [1.29, 1.82) is 0 Å². The third-order valence-corrected chi connectivity index (χ3v) is 16.5. The third kappa shape index (κ3) is 8.36. The Morgan fingerprint density at radius 2 is 1.75 bits per heavy atom. The van der Waals surface area contributed by atoms with Crippen LogP contribution in [0.5, 0.6) is 5.88 Å². The molecule has 67 heavy (non-hydrogen) atoms. The van der Waals surface area contributed by atoms with Crippen LogP contribution in [0.15, 0.2) is 83.9 Å². The Hall–Kier alpha value is -5.79. The van der Waals surface area contributed by atoms with E-state index in [1.54, 1.807) is 12.3 Å². The highest BCUT2D eigenvalue weighted by atomic mass is 32.2. The van der Waals surface area contributed by atoms with Crippen molar-refractivity contribution in [2.75, 3.05) is 80.9 Å². The number of amides is 1. The number of carbonyl (C=O) groups excluding carboxylic acids is 1. The number of rotatable bonds is 11. The number of hydrogen-bond acceptors (Lipinski definition) is 14. The van der Waals surface area contributed by atoms with Crippen molar-refractivity contribution in [2.45, 2.75) is 74.6 Å². The summed E-state index contributed by atoms with van der Waals surface area (Å²) in [6.07, 6.45) is 7.40. The van der Waals surface area contributed by atoms with Crippen LogP contribution in [0.25, 0.3) is 11.0 Å². The standard InChI is InChI=1S/C49H56N8O9S/c1-31-4-2-3-5-37(31)43-28-64-21-18-55(43)35-25-49(26-35)13-16-54(17-14-49)34-6-8-38(40(23-34)56-42-22-33-10-15-50-46(33)52-48(42)66-45-30-65-29-44(45)56)47(58)53-67(61,62)36-7-9-39(41(24-36)57(59)60)51-27-32-11-19-63-20-12-32/h2-10,15,22-24,32,35,43-45,51H,11-14,16-21,25-30H2,1H3,(H,50,52)(H,53,58)/t43-,44+,45+/m0/s1. The number of ether oxygens (including phenoxy) is 4. The Morgan fingerprint density at radius 3 is 2.55 bits per heavy atom. The Kier molecular flexibility index (Phi) is 11.6. The number of piperidine rings is 1.